The second kappa shape index (κ2) is 5.04. The monoisotopic (exact) mass is 245 g/mol. The van der Waals surface area contributed by atoms with Crippen molar-refractivity contribution in [1.82, 2.24) is 4.98 Å². The lowest BCUT2D eigenvalue weighted by molar-refractivity contribution is 0.633. The zero-order valence-corrected chi connectivity index (χ0v) is 10.5. The number of hydrogen-bond acceptors (Lipinski definition) is 3. The fraction of sp³-hybridized carbons (Fsp3) is 0.214. The molecule has 0 amide bonds. The van der Waals surface area contributed by atoms with Crippen molar-refractivity contribution in [2.75, 3.05) is 11.1 Å². The molecule has 3 nitrogen and oxygen atoms in total. The standard InChI is InChI=1S/C14H16FN3/c1-9-3-6-12(13(15)14(9)16)18-8-11-5-4-10(2)17-7-11/h3-7,18H,8,16H2,1-2H3. The molecule has 0 unspecified atom stereocenters. The van der Waals surface area contributed by atoms with Crippen LogP contribution in [0.5, 0.6) is 0 Å². The largest absolute Gasteiger partial charge is 0.396 e. The van der Waals surface area contributed by atoms with Gasteiger partial charge in [0.15, 0.2) is 5.82 Å². The van der Waals surface area contributed by atoms with Gasteiger partial charge in [0.25, 0.3) is 0 Å². The minimum absolute atomic E-state index is 0.196. The summed E-state index contributed by atoms with van der Waals surface area (Å²) in [5.74, 6) is -0.393. The van der Waals surface area contributed by atoms with E-state index in [4.69, 9.17) is 5.73 Å². The minimum Gasteiger partial charge on any atom is -0.396 e. The Morgan fingerprint density at radius 3 is 2.67 bits per heavy atom. The molecule has 0 radical (unpaired) electrons. The Balaban J connectivity index is 2.11. The van der Waals surface area contributed by atoms with Gasteiger partial charge in [-0.1, -0.05) is 12.1 Å². The van der Waals surface area contributed by atoms with E-state index in [2.05, 4.69) is 10.3 Å². The highest BCUT2D eigenvalue weighted by molar-refractivity contribution is 5.60. The molecule has 4 heteroatoms. The van der Waals surface area contributed by atoms with Gasteiger partial charge in [-0.15, -0.1) is 0 Å². The van der Waals surface area contributed by atoms with Crippen molar-refractivity contribution in [2.45, 2.75) is 20.4 Å². The van der Waals surface area contributed by atoms with E-state index in [-0.39, 0.29) is 5.69 Å². The molecule has 1 aromatic carbocycles. The van der Waals surface area contributed by atoms with Gasteiger partial charge in [0.05, 0.1) is 11.4 Å². The summed E-state index contributed by atoms with van der Waals surface area (Å²) in [4.78, 5) is 4.19. The average Bonchev–Trinajstić information content (AvgIpc) is 2.37. The van der Waals surface area contributed by atoms with E-state index in [0.29, 0.717) is 12.2 Å². The smallest absolute Gasteiger partial charge is 0.169 e. The van der Waals surface area contributed by atoms with E-state index in [1.807, 2.05) is 19.1 Å². The molecule has 1 aromatic heterocycles. The van der Waals surface area contributed by atoms with Gasteiger partial charge >= 0.3 is 0 Å². The van der Waals surface area contributed by atoms with Crippen LogP contribution < -0.4 is 11.1 Å². The van der Waals surface area contributed by atoms with Crippen molar-refractivity contribution in [3.8, 4) is 0 Å². The fourth-order valence-electron chi connectivity index (χ4n) is 1.63. The van der Waals surface area contributed by atoms with Crippen molar-refractivity contribution >= 4 is 11.4 Å². The van der Waals surface area contributed by atoms with E-state index in [9.17, 15) is 4.39 Å². The second-order valence-electron chi connectivity index (χ2n) is 4.32. The van der Waals surface area contributed by atoms with Crippen molar-refractivity contribution in [3.05, 3.63) is 53.1 Å². The highest BCUT2D eigenvalue weighted by Crippen LogP contribution is 2.23. The molecule has 0 spiro atoms. The maximum Gasteiger partial charge on any atom is 0.169 e. The molecule has 18 heavy (non-hydrogen) atoms. The molecule has 0 aliphatic heterocycles. The molecular formula is C14H16FN3. The van der Waals surface area contributed by atoms with Crippen LogP contribution >= 0.6 is 0 Å². The van der Waals surface area contributed by atoms with Gasteiger partial charge in [-0.2, -0.15) is 0 Å². The first kappa shape index (κ1) is 12.4. The van der Waals surface area contributed by atoms with Crippen LogP contribution in [-0.4, -0.2) is 4.98 Å². The number of rotatable bonds is 3. The molecule has 0 saturated carbocycles. The first-order valence-corrected chi connectivity index (χ1v) is 5.78. The van der Waals surface area contributed by atoms with Crippen LogP contribution in [0.2, 0.25) is 0 Å². The molecule has 0 atom stereocenters. The van der Waals surface area contributed by atoms with Gasteiger partial charge in [-0.05, 0) is 37.1 Å². The van der Waals surface area contributed by atoms with E-state index >= 15 is 0 Å². The van der Waals surface area contributed by atoms with Crippen molar-refractivity contribution in [2.24, 2.45) is 0 Å². The summed E-state index contributed by atoms with van der Waals surface area (Å²) in [6, 6.07) is 7.39. The lowest BCUT2D eigenvalue weighted by Crippen LogP contribution is -2.04. The predicted octanol–water partition coefficient (Wildman–Crippen LogP) is 3.03. The number of nitrogens with one attached hydrogen (secondary N) is 1. The number of aryl methyl sites for hydroxylation is 2. The normalized spacial score (nSPS) is 10.4. The van der Waals surface area contributed by atoms with Crippen LogP contribution in [0.3, 0.4) is 0 Å². The maximum atomic E-state index is 13.8. The van der Waals surface area contributed by atoms with Crippen molar-refractivity contribution in [1.29, 1.82) is 0 Å². The number of anilines is 2. The van der Waals surface area contributed by atoms with E-state index in [1.165, 1.54) is 0 Å². The quantitative estimate of drug-likeness (QED) is 0.817. The first-order valence-electron chi connectivity index (χ1n) is 5.78. The molecule has 2 rings (SSSR count). The van der Waals surface area contributed by atoms with Crippen LogP contribution in [0.15, 0.2) is 30.5 Å². The third-order valence-corrected chi connectivity index (χ3v) is 2.85. The van der Waals surface area contributed by atoms with Crippen LogP contribution in [0.4, 0.5) is 15.8 Å². The van der Waals surface area contributed by atoms with Crippen LogP contribution in [0.25, 0.3) is 0 Å². The molecule has 0 bridgehead atoms. The van der Waals surface area contributed by atoms with Crippen LogP contribution in [0.1, 0.15) is 16.8 Å². The Morgan fingerprint density at radius 2 is 2.00 bits per heavy atom. The summed E-state index contributed by atoms with van der Waals surface area (Å²) >= 11 is 0. The maximum absolute atomic E-state index is 13.8. The molecular weight excluding hydrogens is 229 g/mol. The number of halogens is 1. The Kier molecular flexibility index (Phi) is 3.46. The average molecular weight is 245 g/mol. The predicted molar refractivity (Wildman–Crippen MR) is 71.9 cm³/mol. The SMILES string of the molecule is Cc1ccc(CNc2ccc(C)c(N)c2F)cn1. The highest BCUT2D eigenvalue weighted by Gasteiger charge is 2.07. The Labute approximate surface area is 106 Å². The number of nitrogen functional groups attached to an aromatic ring is 1. The molecule has 0 saturated heterocycles. The molecule has 0 fully saturated rings. The molecule has 0 aliphatic rings. The van der Waals surface area contributed by atoms with E-state index in [1.54, 1.807) is 25.3 Å². The topological polar surface area (TPSA) is 50.9 Å². The Hall–Kier alpha value is -2.10. The summed E-state index contributed by atoms with van der Waals surface area (Å²) < 4.78 is 13.8. The van der Waals surface area contributed by atoms with Gasteiger partial charge in [0.2, 0.25) is 0 Å². The zero-order chi connectivity index (χ0) is 13.1. The van der Waals surface area contributed by atoms with Crippen molar-refractivity contribution < 1.29 is 4.39 Å². The van der Waals surface area contributed by atoms with Crippen LogP contribution in [-0.2, 0) is 6.54 Å². The van der Waals surface area contributed by atoms with Gasteiger partial charge in [0, 0.05) is 18.4 Å². The Morgan fingerprint density at radius 1 is 1.22 bits per heavy atom. The summed E-state index contributed by atoms with van der Waals surface area (Å²) in [6.07, 6.45) is 1.78. The summed E-state index contributed by atoms with van der Waals surface area (Å²) in [7, 11) is 0. The molecule has 0 aliphatic carbocycles. The van der Waals surface area contributed by atoms with Crippen molar-refractivity contribution in [3.63, 3.8) is 0 Å². The Bertz CT molecular complexity index is 550. The molecule has 3 N–H and O–H groups in total. The van der Waals surface area contributed by atoms with E-state index in [0.717, 1.165) is 16.8 Å². The lowest BCUT2D eigenvalue weighted by Gasteiger charge is -2.10. The van der Waals surface area contributed by atoms with E-state index < -0.39 is 5.82 Å². The number of pyridine rings is 1. The van der Waals surface area contributed by atoms with Crippen LogP contribution in [0, 0.1) is 19.7 Å². The lowest BCUT2D eigenvalue weighted by atomic mass is 10.1. The summed E-state index contributed by atoms with van der Waals surface area (Å²) in [6.45, 7) is 4.23. The van der Waals surface area contributed by atoms with Gasteiger partial charge in [-0.3, -0.25) is 4.98 Å². The molecule has 94 valence electrons. The number of nitrogens with zero attached hydrogens (tertiary/aromatic N) is 1. The molecule has 2 aromatic rings. The van der Waals surface area contributed by atoms with Gasteiger partial charge < -0.3 is 11.1 Å². The number of hydrogen-bond donors (Lipinski definition) is 2. The zero-order valence-electron chi connectivity index (χ0n) is 10.5. The third-order valence-electron chi connectivity index (χ3n) is 2.85. The number of aromatic nitrogens is 1. The minimum atomic E-state index is -0.393. The number of benzene rings is 1. The summed E-state index contributed by atoms with van der Waals surface area (Å²) in [5, 5.41) is 3.02. The fourth-order valence-corrected chi connectivity index (χ4v) is 1.63. The molecule has 1 heterocycles. The highest BCUT2D eigenvalue weighted by atomic mass is 19.1. The third kappa shape index (κ3) is 2.59. The van der Waals surface area contributed by atoms with Gasteiger partial charge in [-0.25, -0.2) is 4.39 Å². The summed E-state index contributed by atoms with van der Waals surface area (Å²) in [5.41, 5.74) is 8.96. The first-order chi connectivity index (χ1) is 8.58. The number of nitrogens with two attached hydrogens (primary N) is 1. The second-order valence-corrected chi connectivity index (χ2v) is 4.32. The van der Waals surface area contributed by atoms with Gasteiger partial charge in [0.1, 0.15) is 0 Å².